The fourth-order valence-electron chi connectivity index (χ4n) is 2.35. The van der Waals surface area contributed by atoms with Gasteiger partial charge in [0.1, 0.15) is 0 Å². The Hall–Kier alpha value is -2.94. The molecule has 1 unspecified atom stereocenters. The number of anilines is 1. The van der Waals surface area contributed by atoms with Crippen LogP contribution in [0.3, 0.4) is 0 Å². The first-order chi connectivity index (χ1) is 13.2. The third kappa shape index (κ3) is 8.63. The molecule has 0 fully saturated rings. The van der Waals surface area contributed by atoms with E-state index in [1.807, 2.05) is 26.0 Å². The lowest BCUT2D eigenvalue weighted by Crippen LogP contribution is -3.14. The van der Waals surface area contributed by atoms with Crippen molar-refractivity contribution in [1.29, 1.82) is 0 Å². The number of likely N-dealkylation sites (N-methyl/N-ethyl adjacent to an activating group) is 2. The fourth-order valence-corrected chi connectivity index (χ4v) is 2.35. The van der Waals surface area contributed by atoms with E-state index in [1.54, 1.807) is 19.1 Å². The van der Waals surface area contributed by atoms with Crippen LogP contribution in [0, 0.1) is 6.92 Å². The zero-order chi connectivity index (χ0) is 21.1. The van der Waals surface area contributed by atoms with Crippen LogP contribution in [0.4, 0.5) is 10.5 Å². The number of carbonyl (C=O) groups is 4. The van der Waals surface area contributed by atoms with Crippen LogP contribution in [0.1, 0.15) is 19.4 Å². The van der Waals surface area contributed by atoms with E-state index in [-0.39, 0.29) is 38.1 Å². The van der Waals surface area contributed by atoms with Gasteiger partial charge >= 0.3 is 6.09 Å². The molecule has 0 radical (unpaired) electrons. The second-order valence-electron chi connectivity index (χ2n) is 6.39. The number of quaternary nitrogens is 1. The third-order valence-corrected chi connectivity index (χ3v) is 3.97. The summed E-state index contributed by atoms with van der Waals surface area (Å²) < 4.78 is 4.65. The van der Waals surface area contributed by atoms with Gasteiger partial charge in [0.25, 0.3) is 11.8 Å². The van der Waals surface area contributed by atoms with Gasteiger partial charge in [0.2, 0.25) is 5.91 Å². The molecule has 0 bridgehead atoms. The lowest BCUT2D eigenvalue weighted by Gasteiger charge is -2.21. The Kier molecular flexibility index (Phi) is 9.66. The smallest absolute Gasteiger partial charge is 0.414 e. The van der Waals surface area contributed by atoms with E-state index in [0.717, 1.165) is 5.56 Å². The van der Waals surface area contributed by atoms with Gasteiger partial charge in [-0.2, -0.15) is 0 Å². The quantitative estimate of drug-likeness (QED) is 0.528. The third-order valence-electron chi connectivity index (χ3n) is 3.97. The minimum absolute atomic E-state index is 0.0288. The number of carbonyl (C=O) groups excluding carboxylic acids is 4. The molecule has 1 atom stereocenters. The summed E-state index contributed by atoms with van der Waals surface area (Å²) in [7, 11) is 1.53. The molecular formula is C19H29N4O5+. The van der Waals surface area contributed by atoms with Gasteiger partial charge in [-0.25, -0.2) is 4.79 Å². The Balaban J connectivity index is 2.47. The summed E-state index contributed by atoms with van der Waals surface area (Å²) in [4.78, 5) is 49.5. The van der Waals surface area contributed by atoms with E-state index in [9.17, 15) is 19.2 Å². The first kappa shape index (κ1) is 23.1. The Morgan fingerprint density at radius 2 is 1.68 bits per heavy atom. The van der Waals surface area contributed by atoms with Crippen LogP contribution in [0.2, 0.25) is 0 Å². The van der Waals surface area contributed by atoms with E-state index < -0.39 is 12.0 Å². The second-order valence-corrected chi connectivity index (χ2v) is 6.39. The number of ether oxygens (including phenoxy) is 1. The molecule has 1 rings (SSSR count). The largest absolute Gasteiger partial charge is 0.450 e. The highest BCUT2D eigenvalue weighted by molar-refractivity contribution is 5.94. The highest BCUT2D eigenvalue weighted by Gasteiger charge is 2.21. The number of hydrogen-bond donors (Lipinski definition) is 3. The molecule has 0 saturated carbocycles. The van der Waals surface area contributed by atoms with E-state index in [1.165, 1.54) is 11.9 Å². The highest BCUT2D eigenvalue weighted by atomic mass is 16.5. The number of aryl methyl sites for hydroxylation is 1. The number of alkyl carbamates (subject to hydrolysis) is 1. The molecule has 4 amide bonds. The van der Waals surface area contributed by atoms with Crippen LogP contribution in [0.5, 0.6) is 0 Å². The van der Waals surface area contributed by atoms with Crippen molar-refractivity contribution in [2.24, 2.45) is 0 Å². The average molecular weight is 393 g/mol. The van der Waals surface area contributed by atoms with Gasteiger partial charge in [0.05, 0.1) is 19.7 Å². The Morgan fingerprint density at radius 1 is 1.04 bits per heavy atom. The average Bonchev–Trinajstić information content (AvgIpc) is 2.62. The molecular weight excluding hydrogens is 364 g/mol. The van der Waals surface area contributed by atoms with Crippen molar-refractivity contribution in [3.63, 3.8) is 0 Å². The predicted octanol–water partition coefficient (Wildman–Crippen LogP) is -0.431. The molecule has 154 valence electrons. The number of amides is 4. The van der Waals surface area contributed by atoms with Gasteiger partial charge in [-0.15, -0.1) is 0 Å². The molecule has 0 aliphatic carbocycles. The zero-order valence-corrected chi connectivity index (χ0v) is 16.8. The number of nitrogens with one attached hydrogen (secondary N) is 3. The maximum absolute atomic E-state index is 12.4. The van der Waals surface area contributed by atoms with Gasteiger partial charge in [-0.3, -0.25) is 19.7 Å². The van der Waals surface area contributed by atoms with Crippen LogP contribution in [-0.4, -0.2) is 68.5 Å². The van der Waals surface area contributed by atoms with Gasteiger partial charge < -0.3 is 19.9 Å². The van der Waals surface area contributed by atoms with Crippen molar-refractivity contribution < 1.29 is 28.8 Å². The van der Waals surface area contributed by atoms with Crippen LogP contribution in [0.15, 0.2) is 24.3 Å². The van der Waals surface area contributed by atoms with Crippen molar-refractivity contribution in [3.05, 3.63) is 29.8 Å². The number of imide groups is 1. The number of benzene rings is 1. The molecule has 1 aromatic carbocycles. The molecule has 9 heteroatoms. The number of nitrogens with zero attached hydrogens (tertiary/aromatic N) is 1. The fraction of sp³-hybridized carbons (Fsp3) is 0.474. The Morgan fingerprint density at radius 3 is 2.25 bits per heavy atom. The minimum atomic E-state index is -0.806. The Labute approximate surface area is 165 Å². The first-order valence-corrected chi connectivity index (χ1v) is 9.15. The van der Waals surface area contributed by atoms with Crippen LogP contribution in [0.25, 0.3) is 0 Å². The normalized spacial score (nSPS) is 11.3. The van der Waals surface area contributed by atoms with Crippen molar-refractivity contribution in [1.82, 2.24) is 10.2 Å². The molecule has 0 saturated heterocycles. The van der Waals surface area contributed by atoms with Crippen molar-refractivity contribution in [3.8, 4) is 0 Å². The molecule has 0 aliphatic rings. The van der Waals surface area contributed by atoms with Gasteiger partial charge in [0.15, 0.2) is 13.1 Å². The van der Waals surface area contributed by atoms with Crippen molar-refractivity contribution >= 4 is 29.5 Å². The number of hydrogen-bond acceptors (Lipinski definition) is 5. The van der Waals surface area contributed by atoms with Gasteiger partial charge in [0, 0.05) is 12.7 Å². The molecule has 0 spiro atoms. The van der Waals surface area contributed by atoms with E-state index in [4.69, 9.17) is 0 Å². The summed E-state index contributed by atoms with van der Waals surface area (Å²) in [5.74, 6) is -1.11. The summed E-state index contributed by atoms with van der Waals surface area (Å²) in [6.45, 7) is 5.96. The number of rotatable bonds is 9. The zero-order valence-electron chi connectivity index (χ0n) is 16.8. The summed E-state index contributed by atoms with van der Waals surface area (Å²) in [5.41, 5.74) is 1.74. The topological polar surface area (TPSA) is 109 Å². The summed E-state index contributed by atoms with van der Waals surface area (Å²) in [6, 6.07) is 7.35. The van der Waals surface area contributed by atoms with Crippen LogP contribution < -0.4 is 15.5 Å². The summed E-state index contributed by atoms with van der Waals surface area (Å²) in [6.07, 6.45) is -0.806. The molecule has 9 nitrogen and oxygen atoms in total. The molecule has 0 aromatic heterocycles. The van der Waals surface area contributed by atoms with Crippen LogP contribution in [-0.2, 0) is 19.1 Å². The summed E-state index contributed by atoms with van der Waals surface area (Å²) >= 11 is 0. The molecule has 0 aliphatic heterocycles. The van der Waals surface area contributed by atoms with Gasteiger partial charge in [-0.1, -0.05) is 17.7 Å². The van der Waals surface area contributed by atoms with Gasteiger partial charge in [-0.05, 0) is 32.9 Å². The highest BCUT2D eigenvalue weighted by Crippen LogP contribution is 2.08. The monoisotopic (exact) mass is 393 g/mol. The molecule has 28 heavy (non-hydrogen) atoms. The standard InChI is InChI=1S/C19H28N4O5/c1-5-23(12-17(25)21-19(27)28-6-2)13-18(26)22(4)11-16(24)20-15-9-7-14(3)8-10-15/h7-10H,5-6,11-13H2,1-4H3,(H,20,24)(H,21,25,27)/p+1. The summed E-state index contributed by atoms with van der Waals surface area (Å²) in [5, 5.41) is 4.83. The van der Waals surface area contributed by atoms with E-state index >= 15 is 0 Å². The van der Waals surface area contributed by atoms with E-state index in [2.05, 4.69) is 15.4 Å². The Bertz CT molecular complexity index is 690. The maximum Gasteiger partial charge on any atom is 0.414 e. The molecule has 0 heterocycles. The van der Waals surface area contributed by atoms with E-state index in [0.29, 0.717) is 17.1 Å². The predicted molar refractivity (Wildman–Crippen MR) is 104 cm³/mol. The van der Waals surface area contributed by atoms with Crippen molar-refractivity contribution in [2.45, 2.75) is 20.8 Å². The second kappa shape index (κ2) is 11.7. The minimum Gasteiger partial charge on any atom is -0.450 e. The van der Waals surface area contributed by atoms with Crippen molar-refractivity contribution in [2.75, 3.05) is 45.2 Å². The molecule has 1 aromatic rings. The molecule has 3 N–H and O–H groups in total. The lowest BCUT2D eigenvalue weighted by atomic mass is 10.2. The van der Waals surface area contributed by atoms with Crippen LogP contribution >= 0.6 is 0 Å². The SMILES string of the molecule is CCOC(=O)NC(=O)C[NH+](CC)CC(=O)N(C)CC(=O)Nc1ccc(C)cc1. The first-order valence-electron chi connectivity index (χ1n) is 9.15. The lowest BCUT2D eigenvalue weighted by molar-refractivity contribution is -0.882. The maximum atomic E-state index is 12.4.